The highest BCUT2D eigenvalue weighted by atomic mass is 16.2. The van der Waals surface area contributed by atoms with Gasteiger partial charge < -0.3 is 20.9 Å². The second-order valence-electron chi connectivity index (χ2n) is 5.29. The molecular weight excluding hydrogens is 306 g/mol. The molecule has 3 rings (SSSR count). The van der Waals surface area contributed by atoms with Gasteiger partial charge in [-0.2, -0.15) is 0 Å². The number of primary amides is 1. The van der Waals surface area contributed by atoms with Crippen LogP contribution in [0.15, 0.2) is 54.9 Å². The fourth-order valence-corrected chi connectivity index (χ4v) is 2.45. The number of para-hydroxylation sites is 2. The molecule has 0 radical (unpaired) electrons. The van der Waals surface area contributed by atoms with Crippen LogP contribution in [0.4, 0.5) is 16.2 Å². The van der Waals surface area contributed by atoms with Crippen LogP contribution >= 0.6 is 0 Å². The van der Waals surface area contributed by atoms with Gasteiger partial charge in [0.15, 0.2) is 0 Å². The van der Waals surface area contributed by atoms with Crippen molar-refractivity contribution in [3.05, 3.63) is 54.9 Å². The Balaban J connectivity index is 1.61. The van der Waals surface area contributed by atoms with Crippen molar-refractivity contribution >= 4 is 34.3 Å². The highest BCUT2D eigenvalue weighted by Crippen LogP contribution is 2.16. The van der Waals surface area contributed by atoms with Gasteiger partial charge >= 0.3 is 6.03 Å². The summed E-state index contributed by atoms with van der Waals surface area (Å²) in [4.78, 5) is 27.3. The topological polar surface area (TPSA) is 102 Å². The van der Waals surface area contributed by atoms with E-state index in [0.717, 1.165) is 11.0 Å². The zero-order chi connectivity index (χ0) is 16.9. The van der Waals surface area contributed by atoms with Crippen LogP contribution in [-0.2, 0) is 11.3 Å². The number of aryl methyl sites for hydroxylation is 1. The van der Waals surface area contributed by atoms with Gasteiger partial charge in [-0.3, -0.25) is 4.79 Å². The lowest BCUT2D eigenvalue weighted by molar-refractivity contribution is -0.116. The number of aromatic nitrogens is 2. The number of hydrogen-bond acceptors (Lipinski definition) is 3. The van der Waals surface area contributed by atoms with Crippen LogP contribution in [0.2, 0.25) is 0 Å². The molecule has 4 N–H and O–H groups in total. The third-order valence-corrected chi connectivity index (χ3v) is 3.52. The molecule has 3 aromatic rings. The summed E-state index contributed by atoms with van der Waals surface area (Å²) < 4.78 is 1.94. The molecule has 0 fully saturated rings. The minimum atomic E-state index is -0.648. The molecule has 0 aliphatic rings. The molecule has 1 aromatic heterocycles. The van der Waals surface area contributed by atoms with Crippen LogP contribution in [0.1, 0.15) is 6.42 Å². The predicted octanol–water partition coefficient (Wildman–Crippen LogP) is 2.56. The summed E-state index contributed by atoms with van der Waals surface area (Å²) in [6, 6.07) is 13.9. The van der Waals surface area contributed by atoms with Crippen molar-refractivity contribution in [2.24, 2.45) is 5.73 Å². The summed E-state index contributed by atoms with van der Waals surface area (Å²) in [6.07, 6.45) is 2.04. The van der Waals surface area contributed by atoms with Gasteiger partial charge in [0.25, 0.3) is 0 Å². The van der Waals surface area contributed by atoms with Gasteiger partial charge in [0.05, 0.1) is 17.4 Å². The van der Waals surface area contributed by atoms with Gasteiger partial charge in [-0.1, -0.05) is 18.2 Å². The van der Waals surface area contributed by atoms with Crippen molar-refractivity contribution in [3.63, 3.8) is 0 Å². The number of imidazole rings is 1. The zero-order valence-corrected chi connectivity index (χ0v) is 12.9. The molecule has 0 spiro atoms. The maximum atomic E-state index is 12.1. The van der Waals surface area contributed by atoms with Crippen molar-refractivity contribution < 1.29 is 9.59 Å². The molecule has 0 aliphatic carbocycles. The number of nitrogens with one attached hydrogen (secondary N) is 2. The predicted molar refractivity (Wildman–Crippen MR) is 92.6 cm³/mol. The molecule has 0 saturated carbocycles. The van der Waals surface area contributed by atoms with Crippen molar-refractivity contribution in [2.75, 3.05) is 10.6 Å². The molecule has 0 unspecified atom stereocenters. The quantitative estimate of drug-likeness (QED) is 0.672. The van der Waals surface area contributed by atoms with E-state index in [1.165, 1.54) is 0 Å². The molecule has 0 atom stereocenters. The lowest BCUT2D eigenvalue weighted by Gasteiger charge is -2.08. The number of fused-ring (bicyclic) bond motifs is 1. The largest absolute Gasteiger partial charge is 0.351 e. The monoisotopic (exact) mass is 323 g/mol. The number of amides is 3. The van der Waals surface area contributed by atoms with Crippen LogP contribution in [0.25, 0.3) is 11.0 Å². The van der Waals surface area contributed by atoms with Crippen LogP contribution < -0.4 is 16.4 Å². The van der Waals surface area contributed by atoms with Crippen LogP contribution in [0.3, 0.4) is 0 Å². The number of nitrogens with zero attached hydrogens (tertiary/aromatic N) is 2. The van der Waals surface area contributed by atoms with E-state index in [2.05, 4.69) is 15.6 Å². The van der Waals surface area contributed by atoms with Gasteiger partial charge in [-0.05, 0) is 30.3 Å². The number of benzene rings is 2. The number of anilines is 2. The fraction of sp³-hybridized carbons (Fsp3) is 0.118. The second kappa shape index (κ2) is 6.82. The van der Waals surface area contributed by atoms with E-state index in [1.807, 2.05) is 28.8 Å². The minimum Gasteiger partial charge on any atom is -0.351 e. The Morgan fingerprint density at radius 3 is 2.58 bits per heavy atom. The normalized spacial score (nSPS) is 10.5. The summed E-state index contributed by atoms with van der Waals surface area (Å²) in [6.45, 7) is 0.533. The Morgan fingerprint density at radius 1 is 1.04 bits per heavy atom. The summed E-state index contributed by atoms with van der Waals surface area (Å²) in [5, 5.41) is 5.27. The number of carbonyl (C=O) groups excluding carboxylic acids is 2. The molecule has 2 aromatic carbocycles. The average Bonchev–Trinajstić information content (AvgIpc) is 2.96. The highest BCUT2D eigenvalue weighted by Gasteiger charge is 2.06. The number of carbonyl (C=O) groups is 2. The van der Waals surface area contributed by atoms with E-state index < -0.39 is 6.03 Å². The van der Waals surface area contributed by atoms with Crippen molar-refractivity contribution in [1.29, 1.82) is 0 Å². The first-order valence-corrected chi connectivity index (χ1v) is 7.48. The van der Waals surface area contributed by atoms with Gasteiger partial charge in [-0.15, -0.1) is 0 Å². The molecule has 0 bridgehead atoms. The Morgan fingerprint density at radius 2 is 1.79 bits per heavy atom. The first-order valence-electron chi connectivity index (χ1n) is 7.48. The van der Waals surface area contributed by atoms with Crippen LogP contribution in [0.5, 0.6) is 0 Å². The number of nitrogens with two attached hydrogens (primary N) is 1. The molecule has 0 aliphatic heterocycles. The molecule has 7 heteroatoms. The summed E-state index contributed by atoms with van der Waals surface area (Å²) in [5.41, 5.74) is 8.11. The Hall–Kier alpha value is -3.35. The maximum Gasteiger partial charge on any atom is 0.316 e. The van der Waals surface area contributed by atoms with Gasteiger partial charge in [0.2, 0.25) is 5.91 Å². The highest BCUT2D eigenvalue weighted by molar-refractivity contribution is 5.93. The van der Waals surface area contributed by atoms with Crippen molar-refractivity contribution in [3.8, 4) is 0 Å². The van der Waals surface area contributed by atoms with E-state index in [4.69, 9.17) is 5.73 Å². The molecule has 122 valence electrons. The average molecular weight is 323 g/mol. The van der Waals surface area contributed by atoms with Gasteiger partial charge in [-0.25, -0.2) is 9.78 Å². The minimum absolute atomic E-state index is 0.121. The summed E-state index contributed by atoms with van der Waals surface area (Å²) in [5.74, 6) is -0.121. The number of rotatable bonds is 5. The first kappa shape index (κ1) is 15.5. The van der Waals surface area contributed by atoms with Gasteiger partial charge in [0, 0.05) is 24.3 Å². The third kappa shape index (κ3) is 3.70. The number of urea groups is 1. The molecule has 3 amide bonds. The van der Waals surface area contributed by atoms with E-state index in [1.54, 1.807) is 30.6 Å². The van der Waals surface area contributed by atoms with E-state index in [0.29, 0.717) is 24.3 Å². The second-order valence-corrected chi connectivity index (χ2v) is 5.29. The molecule has 24 heavy (non-hydrogen) atoms. The van der Waals surface area contributed by atoms with Crippen molar-refractivity contribution in [1.82, 2.24) is 9.55 Å². The van der Waals surface area contributed by atoms with Crippen LogP contribution in [0, 0.1) is 0 Å². The van der Waals surface area contributed by atoms with E-state index in [-0.39, 0.29) is 5.91 Å². The third-order valence-electron chi connectivity index (χ3n) is 3.52. The van der Waals surface area contributed by atoms with Crippen LogP contribution in [-0.4, -0.2) is 21.5 Å². The fourth-order valence-electron chi connectivity index (χ4n) is 2.45. The maximum absolute atomic E-state index is 12.1. The Kier molecular flexibility index (Phi) is 4.42. The lowest BCUT2D eigenvalue weighted by Crippen LogP contribution is -2.19. The SMILES string of the molecule is NC(=O)Nc1cccc(NC(=O)CCn2cnc3ccccc32)c1. The van der Waals surface area contributed by atoms with E-state index in [9.17, 15) is 9.59 Å². The molecule has 1 heterocycles. The molecule has 7 nitrogen and oxygen atoms in total. The summed E-state index contributed by atoms with van der Waals surface area (Å²) >= 11 is 0. The molecule has 0 saturated heterocycles. The Labute approximate surface area is 138 Å². The lowest BCUT2D eigenvalue weighted by atomic mass is 10.2. The number of hydrogen-bond donors (Lipinski definition) is 3. The molecular formula is C17H17N5O2. The standard InChI is InChI=1S/C17H17N5O2/c18-17(24)21-13-5-3-4-12(10-13)20-16(23)8-9-22-11-19-14-6-1-2-7-15(14)22/h1-7,10-11H,8-9H2,(H,20,23)(H3,18,21,24). The first-order chi connectivity index (χ1) is 11.6. The Bertz CT molecular complexity index is 887. The van der Waals surface area contributed by atoms with E-state index >= 15 is 0 Å². The zero-order valence-electron chi connectivity index (χ0n) is 12.9. The summed E-state index contributed by atoms with van der Waals surface area (Å²) in [7, 11) is 0. The van der Waals surface area contributed by atoms with Crippen molar-refractivity contribution in [2.45, 2.75) is 13.0 Å². The van der Waals surface area contributed by atoms with Gasteiger partial charge in [0.1, 0.15) is 0 Å². The smallest absolute Gasteiger partial charge is 0.316 e.